The van der Waals surface area contributed by atoms with Crippen molar-refractivity contribution in [2.75, 3.05) is 19.5 Å². The average molecular weight is 434 g/mol. The van der Waals surface area contributed by atoms with Crippen molar-refractivity contribution in [2.45, 2.75) is 44.6 Å². The van der Waals surface area contributed by atoms with Crippen LogP contribution < -0.4 is 0 Å². The van der Waals surface area contributed by atoms with Gasteiger partial charge in [-0.3, -0.25) is 19.6 Å². The van der Waals surface area contributed by atoms with E-state index in [2.05, 4.69) is 0 Å². The summed E-state index contributed by atoms with van der Waals surface area (Å²) >= 11 is 1.45. The Hall–Kier alpha value is -2.42. The highest BCUT2D eigenvalue weighted by atomic mass is 32.2. The van der Waals surface area contributed by atoms with Gasteiger partial charge in [0.05, 0.1) is 30.3 Å². The zero-order valence-electron chi connectivity index (χ0n) is 17.6. The van der Waals surface area contributed by atoms with E-state index in [1.54, 1.807) is 31.4 Å². The lowest BCUT2D eigenvalue weighted by Crippen LogP contribution is -2.37. The third-order valence-electron chi connectivity index (χ3n) is 4.60. The monoisotopic (exact) mass is 433 g/mol. The fraction of sp³-hybridized carbons (Fsp3) is 0.409. The summed E-state index contributed by atoms with van der Waals surface area (Å²) < 4.78 is 10.3. The molecule has 0 saturated heterocycles. The van der Waals surface area contributed by atoms with E-state index in [1.165, 1.54) is 11.8 Å². The van der Waals surface area contributed by atoms with Crippen molar-refractivity contribution in [1.82, 2.24) is 5.06 Å². The van der Waals surface area contributed by atoms with Gasteiger partial charge in [-0.05, 0) is 30.5 Å². The van der Waals surface area contributed by atoms with Crippen LogP contribution in [-0.2, 0) is 14.3 Å². The Bertz CT molecular complexity index is 907. The molecule has 0 spiro atoms. The molecule has 1 N–H and O–H groups in total. The zero-order chi connectivity index (χ0) is 22.3. The molecule has 2 aromatic carbocycles. The van der Waals surface area contributed by atoms with Crippen LogP contribution in [0.3, 0.4) is 0 Å². The van der Waals surface area contributed by atoms with Crippen LogP contribution in [0.25, 0.3) is 10.8 Å². The minimum absolute atomic E-state index is 0.0417. The standard InChI is InChI=1S/C20H21NO6S.C2H6/c1-12(26-2)8-10-27-17(22)9-11-28-16-7-6-15-18-13(16)4-3-5-14(18)19(23)21(25)20(15)24;1-2/h3-7,12,25H,8-11H2,1-2H3;1-2H3. The Kier molecular flexibility index (Phi) is 8.83. The number of carbonyl (C=O) groups is 3. The van der Waals surface area contributed by atoms with E-state index < -0.39 is 11.8 Å². The van der Waals surface area contributed by atoms with Gasteiger partial charge in [0.1, 0.15) is 0 Å². The zero-order valence-corrected chi connectivity index (χ0v) is 18.5. The minimum atomic E-state index is -0.737. The van der Waals surface area contributed by atoms with Crippen LogP contribution in [0.2, 0.25) is 0 Å². The fourth-order valence-electron chi connectivity index (χ4n) is 2.96. The lowest BCUT2D eigenvalue weighted by Gasteiger charge is -2.22. The van der Waals surface area contributed by atoms with Gasteiger partial charge in [0.15, 0.2) is 0 Å². The molecule has 1 heterocycles. The number of esters is 1. The van der Waals surface area contributed by atoms with Gasteiger partial charge in [0.25, 0.3) is 11.8 Å². The number of imide groups is 1. The van der Waals surface area contributed by atoms with Crippen LogP contribution in [0, 0.1) is 0 Å². The van der Waals surface area contributed by atoms with Gasteiger partial charge in [0.2, 0.25) is 0 Å². The molecular weight excluding hydrogens is 406 g/mol. The van der Waals surface area contributed by atoms with E-state index in [0.717, 1.165) is 10.3 Å². The third kappa shape index (κ3) is 5.19. The highest BCUT2D eigenvalue weighted by Crippen LogP contribution is 2.35. The summed E-state index contributed by atoms with van der Waals surface area (Å²) in [4.78, 5) is 37.1. The highest BCUT2D eigenvalue weighted by molar-refractivity contribution is 7.99. The molecule has 2 amide bonds. The molecule has 0 radical (unpaired) electrons. The van der Waals surface area contributed by atoms with Crippen LogP contribution in [0.15, 0.2) is 35.2 Å². The number of thioether (sulfide) groups is 1. The Balaban J connectivity index is 0.00000155. The van der Waals surface area contributed by atoms with Gasteiger partial charge in [-0.2, -0.15) is 0 Å². The smallest absolute Gasteiger partial charge is 0.306 e. The van der Waals surface area contributed by atoms with Crippen LogP contribution >= 0.6 is 11.8 Å². The summed E-state index contributed by atoms with van der Waals surface area (Å²) in [5, 5.41) is 11.1. The van der Waals surface area contributed by atoms with E-state index in [-0.39, 0.29) is 34.7 Å². The van der Waals surface area contributed by atoms with Gasteiger partial charge >= 0.3 is 5.97 Å². The number of hydrogen-bond donors (Lipinski definition) is 1. The molecule has 0 aromatic heterocycles. The molecule has 2 aromatic rings. The number of hydrogen-bond acceptors (Lipinski definition) is 7. The topological polar surface area (TPSA) is 93.1 Å². The first-order chi connectivity index (χ1) is 14.4. The van der Waals surface area contributed by atoms with Crippen molar-refractivity contribution in [2.24, 2.45) is 0 Å². The second kappa shape index (κ2) is 11.1. The molecule has 1 aliphatic heterocycles. The maximum atomic E-state index is 12.2. The van der Waals surface area contributed by atoms with E-state index in [1.807, 2.05) is 26.8 Å². The molecule has 162 valence electrons. The lowest BCUT2D eigenvalue weighted by molar-refractivity contribution is -0.143. The molecule has 1 aliphatic rings. The molecule has 30 heavy (non-hydrogen) atoms. The van der Waals surface area contributed by atoms with Gasteiger partial charge in [-0.25, -0.2) is 0 Å². The number of nitrogens with zero attached hydrogens (tertiary/aromatic N) is 1. The molecule has 7 nitrogen and oxygen atoms in total. The molecule has 0 fully saturated rings. The molecule has 3 rings (SSSR count). The van der Waals surface area contributed by atoms with Gasteiger partial charge in [0, 0.05) is 29.6 Å². The Morgan fingerprint density at radius 3 is 2.47 bits per heavy atom. The highest BCUT2D eigenvalue weighted by Gasteiger charge is 2.32. The van der Waals surface area contributed by atoms with Crippen molar-refractivity contribution >= 4 is 40.3 Å². The molecule has 1 unspecified atom stereocenters. The van der Waals surface area contributed by atoms with Crippen LogP contribution in [0.4, 0.5) is 0 Å². The molecule has 0 aliphatic carbocycles. The van der Waals surface area contributed by atoms with Gasteiger partial charge in [-0.1, -0.05) is 26.0 Å². The van der Waals surface area contributed by atoms with Crippen molar-refractivity contribution < 1.29 is 29.1 Å². The van der Waals surface area contributed by atoms with Crippen LogP contribution in [0.5, 0.6) is 0 Å². The maximum absolute atomic E-state index is 12.2. The van der Waals surface area contributed by atoms with E-state index >= 15 is 0 Å². The Morgan fingerprint density at radius 1 is 1.13 bits per heavy atom. The van der Waals surface area contributed by atoms with Crippen molar-refractivity contribution in [3.05, 3.63) is 41.5 Å². The average Bonchev–Trinajstić information content (AvgIpc) is 2.77. The number of amides is 2. The maximum Gasteiger partial charge on any atom is 0.306 e. The van der Waals surface area contributed by atoms with Crippen molar-refractivity contribution in [3.8, 4) is 0 Å². The molecule has 0 bridgehead atoms. The molecule has 1 atom stereocenters. The SMILES string of the molecule is CC.COC(C)CCOC(=O)CCSc1ccc2c3c(cccc13)C(=O)N(O)C2=O. The van der Waals surface area contributed by atoms with Crippen LogP contribution in [-0.4, -0.2) is 53.6 Å². The first kappa shape index (κ1) is 23.9. The number of methoxy groups -OCH3 is 1. The number of benzene rings is 2. The molecule has 0 saturated carbocycles. The second-order valence-corrected chi connectivity index (χ2v) is 7.55. The van der Waals surface area contributed by atoms with Gasteiger partial charge < -0.3 is 9.47 Å². The normalized spacial score (nSPS) is 13.7. The number of rotatable bonds is 8. The van der Waals surface area contributed by atoms with E-state index in [9.17, 15) is 19.6 Å². The van der Waals surface area contributed by atoms with Crippen molar-refractivity contribution in [3.63, 3.8) is 0 Å². The molecular formula is C22H27NO6S. The minimum Gasteiger partial charge on any atom is -0.466 e. The predicted molar refractivity (Wildman–Crippen MR) is 115 cm³/mol. The summed E-state index contributed by atoms with van der Waals surface area (Å²) in [5.74, 6) is -1.25. The van der Waals surface area contributed by atoms with Crippen molar-refractivity contribution in [1.29, 1.82) is 0 Å². The first-order valence-electron chi connectivity index (χ1n) is 9.88. The van der Waals surface area contributed by atoms with Gasteiger partial charge in [-0.15, -0.1) is 16.8 Å². The summed E-state index contributed by atoms with van der Waals surface area (Å²) in [6, 6.07) is 8.47. The summed E-state index contributed by atoms with van der Waals surface area (Å²) in [7, 11) is 1.61. The molecule has 8 heteroatoms. The fourth-order valence-corrected chi connectivity index (χ4v) is 3.93. The number of hydroxylamine groups is 2. The number of ether oxygens (including phenoxy) is 2. The first-order valence-corrected chi connectivity index (χ1v) is 10.9. The second-order valence-electron chi connectivity index (χ2n) is 6.42. The van der Waals surface area contributed by atoms with E-state index in [0.29, 0.717) is 24.2 Å². The van der Waals surface area contributed by atoms with E-state index in [4.69, 9.17) is 9.47 Å². The number of carbonyl (C=O) groups excluding carboxylic acids is 3. The summed E-state index contributed by atoms with van der Waals surface area (Å²) in [5.41, 5.74) is 0.562. The largest absolute Gasteiger partial charge is 0.466 e. The Labute approximate surface area is 180 Å². The summed E-state index contributed by atoms with van der Waals surface area (Å²) in [6.45, 7) is 6.23. The van der Waals surface area contributed by atoms with Crippen LogP contribution in [0.1, 0.15) is 54.3 Å². The summed E-state index contributed by atoms with van der Waals surface area (Å²) in [6.07, 6.45) is 0.936. The lowest BCUT2D eigenvalue weighted by atomic mass is 9.95. The quantitative estimate of drug-likeness (QED) is 0.287. The Morgan fingerprint density at radius 2 is 1.80 bits per heavy atom. The predicted octanol–water partition coefficient (Wildman–Crippen LogP) is 4.30. The third-order valence-corrected chi connectivity index (χ3v) is 5.67.